The van der Waals surface area contributed by atoms with Crippen molar-refractivity contribution in [2.45, 2.75) is 24.0 Å². The van der Waals surface area contributed by atoms with Crippen LogP contribution in [0.3, 0.4) is 0 Å². The van der Waals surface area contributed by atoms with Gasteiger partial charge in [0.1, 0.15) is 23.4 Å². The van der Waals surface area contributed by atoms with Crippen molar-refractivity contribution in [2.75, 3.05) is 33.5 Å². The molecule has 2 unspecified atom stereocenters. The van der Waals surface area contributed by atoms with E-state index in [1.165, 1.54) is 13.3 Å². The van der Waals surface area contributed by atoms with E-state index in [1.54, 1.807) is 0 Å². The van der Waals surface area contributed by atoms with Crippen molar-refractivity contribution in [3.63, 3.8) is 0 Å². The third-order valence-electron chi connectivity index (χ3n) is 4.24. The number of fused-ring (bicyclic) bond motifs is 2. The number of aromatic nitrogens is 2. The summed E-state index contributed by atoms with van der Waals surface area (Å²) in [4.78, 5) is 36.0. The van der Waals surface area contributed by atoms with Crippen molar-refractivity contribution in [3.05, 3.63) is 32.6 Å². The second kappa shape index (κ2) is 7.33. The molecule has 3 rings (SSSR count). The van der Waals surface area contributed by atoms with Crippen LogP contribution < -0.4 is 17.0 Å². The number of hydrogen-bond acceptors (Lipinski definition) is 8. The average molecular weight is 401 g/mol. The molecule has 12 heteroatoms. The van der Waals surface area contributed by atoms with Crippen molar-refractivity contribution in [2.24, 2.45) is 5.73 Å². The smallest absolute Gasteiger partial charge is 0.330 e. The van der Waals surface area contributed by atoms with Crippen LogP contribution in [0.15, 0.2) is 15.8 Å². The van der Waals surface area contributed by atoms with E-state index < -0.39 is 42.9 Å². The maximum atomic E-state index is 12.3. The van der Waals surface area contributed by atoms with E-state index in [1.807, 2.05) is 0 Å². The van der Waals surface area contributed by atoms with Crippen LogP contribution in [0.5, 0.6) is 0 Å². The van der Waals surface area contributed by atoms with Crippen LogP contribution in [-0.4, -0.2) is 65.8 Å². The molecule has 11 nitrogen and oxygen atoms in total. The summed E-state index contributed by atoms with van der Waals surface area (Å²) in [5, 5.41) is 0. The Hall–Kier alpha value is -1.77. The van der Waals surface area contributed by atoms with Crippen molar-refractivity contribution >= 4 is 7.60 Å². The van der Waals surface area contributed by atoms with E-state index in [9.17, 15) is 19.0 Å². The second-order valence-corrected chi connectivity index (χ2v) is 8.14. The van der Waals surface area contributed by atoms with Crippen LogP contribution in [0.4, 0.5) is 0 Å². The summed E-state index contributed by atoms with van der Waals surface area (Å²) in [6.45, 7) is 1.17. The molecule has 0 radical (unpaired) electrons. The quantitative estimate of drug-likeness (QED) is 0.389. The summed E-state index contributed by atoms with van der Waals surface area (Å²) in [5.41, 5.74) is 2.77. The minimum Gasteiger partial charge on any atom is -0.381 e. The molecule has 4 N–H and O–H groups in total. The third kappa shape index (κ3) is 3.79. The molecule has 0 aromatic carbocycles. The molecule has 2 bridgehead atoms. The lowest BCUT2D eigenvalue weighted by Gasteiger charge is -2.31. The lowest BCUT2D eigenvalue weighted by atomic mass is 10.0. The highest BCUT2D eigenvalue weighted by molar-refractivity contribution is 7.51. The predicted octanol–water partition coefficient (Wildman–Crippen LogP) is -1.64. The van der Waals surface area contributed by atoms with Gasteiger partial charge >= 0.3 is 13.3 Å². The summed E-state index contributed by atoms with van der Waals surface area (Å²) in [5.74, 6) is 5.12. The van der Waals surface area contributed by atoms with Gasteiger partial charge in [-0.15, -0.1) is 0 Å². The van der Waals surface area contributed by atoms with Crippen LogP contribution in [-0.2, 0) is 23.3 Å². The molecule has 2 aliphatic heterocycles. The molecule has 3 heterocycles. The molecule has 27 heavy (non-hydrogen) atoms. The van der Waals surface area contributed by atoms with Gasteiger partial charge in [-0.3, -0.25) is 23.4 Å². The zero-order valence-corrected chi connectivity index (χ0v) is 15.6. The normalized spacial score (nSPS) is 31.3. The highest BCUT2D eigenvalue weighted by atomic mass is 31.2. The Labute approximate surface area is 153 Å². The van der Waals surface area contributed by atoms with Gasteiger partial charge in [0.05, 0.1) is 19.8 Å². The lowest BCUT2D eigenvalue weighted by molar-refractivity contribution is -0.190. The number of hydrogen-bond donors (Lipinski definition) is 3. The van der Waals surface area contributed by atoms with Crippen molar-refractivity contribution < 1.29 is 28.2 Å². The molecule has 2 aliphatic rings. The van der Waals surface area contributed by atoms with Gasteiger partial charge in [0.2, 0.25) is 0 Å². The number of rotatable bonds is 5. The van der Waals surface area contributed by atoms with Crippen LogP contribution >= 0.6 is 7.60 Å². The van der Waals surface area contributed by atoms with E-state index in [0.717, 1.165) is 11.2 Å². The van der Waals surface area contributed by atoms with E-state index in [2.05, 4.69) is 16.8 Å². The molecule has 0 spiro atoms. The van der Waals surface area contributed by atoms with Crippen LogP contribution in [0.25, 0.3) is 0 Å². The minimum atomic E-state index is -3.87. The van der Waals surface area contributed by atoms with E-state index in [0.29, 0.717) is 0 Å². The van der Waals surface area contributed by atoms with E-state index in [-0.39, 0.29) is 25.3 Å². The first-order valence-corrected chi connectivity index (χ1v) is 10.0. The highest BCUT2D eigenvalue weighted by Crippen LogP contribution is 2.52. The van der Waals surface area contributed by atoms with Gasteiger partial charge < -0.3 is 24.8 Å². The molecule has 2 saturated heterocycles. The predicted molar refractivity (Wildman–Crippen MR) is 92.3 cm³/mol. The molecular weight excluding hydrogens is 381 g/mol. The first kappa shape index (κ1) is 20.0. The van der Waals surface area contributed by atoms with Gasteiger partial charge in [-0.2, -0.15) is 0 Å². The van der Waals surface area contributed by atoms with Crippen LogP contribution in [0.2, 0.25) is 0 Å². The van der Waals surface area contributed by atoms with Gasteiger partial charge in [-0.05, 0) is 0 Å². The first-order valence-electron chi connectivity index (χ1n) is 8.02. The van der Waals surface area contributed by atoms with Gasteiger partial charge in [0.15, 0.2) is 6.23 Å². The van der Waals surface area contributed by atoms with Crippen LogP contribution in [0, 0.1) is 11.8 Å². The number of nitrogens with zero attached hydrogens (tertiary/aromatic N) is 1. The van der Waals surface area contributed by atoms with E-state index in [4.69, 9.17) is 24.5 Å². The monoisotopic (exact) mass is 401 g/mol. The molecule has 0 aliphatic carbocycles. The SMILES string of the molecule is COC[C@]12COC([C@H](n3cc(C#CCN)c(=O)[nH]c3=O)O1)[C@@H]2OP(C)(=O)O. The summed E-state index contributed by atoms with van der Waals surface area (Å²) >= 11 is 0. The molecule has 5 atom stereocenters. The number of aromatic amines is 1. The Morgan fingerprint density at radius 2 is 2.30 bits per heavy atom. The number of nitrogens with one attached hydrogen (secondary N) is 1. The Morgan fingerprint density at radius 1 is 1.56 bits per heavy atom. The van der Waals surface area contributed by atoms with Gasteiger partial charge in [0, 0.05) is 20.0 Å². The van der Waals surface area contributed by atoms with Crippen molar-refractivity contribution in [3.8, 4) is 11.8 Å². The van der Waals surface area contributed by atoms with Gasteiger partial charge in [-0.25, -0.2) is 4.79 Å². The molecule has 1 aromatic rings. The zero-order valence-electron chi connectivity index (χ0n) is 14.7. The Balaban J connectivity index is 2.03. The largest absolute Gasteiger partial charge is 0.381 e. The Kier molecular flexibility index (Phi) is 5.42. The summed E-state index contributed by atoms with van der Waals surface area (Å²) in [7, 11) is -2.44. The van der Waals surface area contributed by atoms with Crippen LogP contribution in [0.1, 0.15) is 11.8 Å². The number of ether oxygens (including phenoxy) is 3. The van der Waals surface area contributed by atoms with Crippen molar-refractivity contribution in [1.29, 1.82) is 0 Å². The first-order chi connectivity index (χ1) is 12.7. The fourth-order valence-corrected chi connectivity index (χ4v) is 3.97. The molecule has 1 aromatic heterocycles. The summed E-state index contributed by atoms with van der Waals surface area (Å²) < 4.78 is 35.0. The molecule has 2 fully saturated rings. The molecule has 148 valence electrons. The highest BCUT2D eigenvalue weighted by Gasteiger charge is 2.64. The lowest BCUT2D eigenvalue weighted by Crippen LogP contribution is -2.46. The second-order valence-electron chi connectivity index (χ2n) is 6.33. The Morgan fingerprint density at radius 3 is 2.93 bits per heavy atom. The fraction of sp³-hybridized carbons (Fsp3) is 0.600. The zero-order chi connectivity index (χ0) is 19.8. The molecular formula is C15H20N3O8P. The number of nitrogens with two attached hydrogens (primary N) is 1. The summed E-state index contributed by atoms with van der Waals surface area (Å²) in [6, 6.07) is 0. The third-order valence-corrected chi connectivity index (χ3v) is 4.86. The minimum absolute atomic E-state index is 0.0165. The van der Waals surface area contributed by atoms with E-state index >= 15 is 0 Å². The molecule has 0 saturated carbocycles. The number of methoxy groups -OCH3 is 1. The molecule has 0 amide bonds. The standard InChI is InChI=1S/C15H20N3O8P/c1-23-7-15-8-24-10(11(15)26-27(2,21)22)13(25-15)18-6-9(4-3-5-16)12(19)17-14(18)20/h6,10-11,13H,5,7-8,16H2,1-2H3,(H,21,22)(H,17,19,20)/t10?,11-,13+,15+/m0/s1. The topological polar surface area (TPSA) is 155 Å². The fourth-order valence-electron chi connectivity index (χ4n) is 3.24. The maximum absolute atomic E-state index is 12.3. The number of H-pyrrole nitrogens is 1. The Bertz CT molecular complexity index is 941. The summed E-state index contributed by atoms with van der Waals surface area (Å²) in [6.07, 6.45) is -1.57. The van der Waals surface area contributed by atoms with Crippen molar-refractivity contribution in [1.82, 2.24) is 9.55 Å². The van der Waals surface area contributed by atoms with Gasteiger partial charge in [0.25, 0.3) is 5.56 Å². The maximum Gasteiger partial charge on any atom is 0.330 e. The van der Waals surface area contributed by atoms with Gasteiger partial charge in [-0.1, -0.05) is 11.8 Å². The average Bonchev–Trinajstić information content (AvgIpc) is 3.04.